The van der Waals surface area contributed by atoms with E-state index in [0.717, 1.165) is 4.90 Å². The van der Waals surface area contributed by atoms with Crippen LogP contribution in [0, 0.1) is 76.0 Å². The van der Waals surface area contributed by atoms with Crippen molar-refractivity contribution in [1.29, 1.82) is 0 Å². The minimum absolute atomic E-state index is 0.000648. The van der Waals surface area contributed by atoms with Gasteiger partial charge in [0.15, 0.2) is 85.0 Å². The van der Waals surface area contributed by atoms with Crippen LogP contribution in [0.4, 0.5) is 40.2 Å². The van der Waals surface area contributed by atoms with Crippen LogP contribution in [-0.2, 0) is 55.3 Å². The first-order chi connectivity index (χ1) is 49.5. The van der Waals surface area contributed by atoms with E-state index in [2.05, 4.69) is 125 Å². The molecule has 3 aliphatic rings. The van der Waals surface area contributed by atoms with Crippen LogP contribution in [0.1, 0.15) is 114 Å². The molecule has 3 saturated heterocycles. The number of terminal acetylenes is 3. The number of alkyl halides is 1. The molecule has 560 valence electrons. The number of aliphatic hydroxyl groups excluding tert-OH is 6. The summed E-state index contributed by atoms with van der Waals surface area (Å²) < 4.78 is 103. The number of aliphatic hydroxyl groups is 6. The molecule has 12 rings (SSSR count). The number of amides is 2. The molecule has 8 N–H and O–H groups in total. The number of rotatable bonds is 14. The Morgan fingerprint density at radius 2 is 0.962 bits per heavy atom. The molecule has 44 heteroatoms. The number of aryl methyl sites for hydroxylation is 3. The molecule has 3 fully saturated rings. The summed E-state index contributed by atoms with van der Waals surface area (Å²) in [4.78, 5) is 93.8. The van der Waals surface area contributed by atoms with E-state index < -0.39 is 139 Å². The van der Waals surface area contributed by atoms with Gasteiger partial charge in [0.2, 0.25) is 0 Å². The summed E-state index contributed by atoms with van der Waals surface area (Å²) in [7, 11) is 0. The van der Waals surface area contributed by atoms with Gasteiger partial charge in [-0.15, -0.1) is 19.3 Å². The van der Waals surface area contributed by atoms with Gasteiger partial charge in [0.25, 0.3) is 0 Å². The standard InChI is InChI=1S/C22H24FN5O8.C17H16FN5O6.C17H20FN5O5.C5H5BrO3.2BrH.Zn/c1-6-22(9-29)13(30)7-14(35-22)28-10-24-15-16(25-18(23)26-17(15)28)27(19(31)36-21(3,4)5)8-12-11(2)33-20(32)34-12;1-3-17(6-24)10(25)4-11(29-17)23-7-20-12-13(21-15(18)22-14(12)23)19-5-9-8(2)27-16(26)28-9;1-5-17(7-24)9(25)6-10(27-17)23-8-19-11-12(20-14(18)22-13(11)23)21-15(26)28-16(2,3)4;1-3-4(2-6)9-5(7)8-3;;;/h1,10,13-14,29-30H,7-9H2,2-5H3;1,7,10-11,24-25H,4-6H2,2H3,(H,19,21,22);1,8-10,24-25H,6-7H2,2-4H3,(H,20,21,22,26);2H2,1H3;2*1H;/q;;;;;;+2/p-2/t13-,14+,22+;10-,11+,17+;9-,10+,17+;;;;/m000..../s1. The van der Waals surface area contributed by atoms with E-state index in [1.807, 2.05) is 0 Å². The molecule has 0 unspecified atom stereocenters. The number of ether oxygens (including phenoxy) is 5. The van der Waals surface area contributed by atoms with Gasteiger partial charge in [0.05, 0.1) is 57.2 Å². The van der Waals surface area contributed by atoms with Crippen molar-refractivity contribution >= 4 is 106 Å². The molecule has 0 spiro atoms. The monoisotopic (exact) mass is 1720 g/mol. The summed E-state index contributed by atoms with van der Waals surface area (Å²) in [5.41, 5.74) is -6.18. The normalized spacial score (nSPS) is 21.8. The third kappa shape index (κ3) is 18.7. The molecule has 105 heavy (non-hydrogen) atoms. The van der Waals surface area contributed by atoms with Crippen LogP contribution in [0.5, 0.6) is 0 Å². The number of aromatic nitrogens is 12. The van der Waals surface area contributed by atoms with E-state index >= 15 is 0 Å². The molecular weight excluding hydrogens is 1660 g/mol. The first kappa shape index (κ1) is 81.9. The number of anilines is 3. The molecule has 9 aromatic heterocycles. The Bertz CT molecular complexity index is 4930. The molecule has 12 heterocycles. The van der Waals surface area contributed by atoms with E-state index in [1.54, 1.807) is 55.4 Å². The van der Waals surface area contributed by atoms with Gasteiger partial charge in [-0.25, -0.2) is 38.9 Å². The molecule has 0 bridgehead atoms. The van der Waals surface area contributed by atoms with Crippen LogP contribution < -0.4 is 33.0 Å². The minimum atomic E-state index is -1.66. The van der Waals surface area contributed by atoms with Gasteiger partial charge < -0.3 is 86.1 Å². The number of fused-ring (bicyclic) bond motifs is 3. The molecular formula is C61H65Br3F3N15O22Zn. The Hall–Kier alpha value is -8.81. The van der Waals surface area contributed by atoms with Crippen molar-refractivity contribution in [2.75, 3.05) is 35.4 Å². The van der Waals surface area contributed by atoms with Crippen LogP contribution in [0.15, 0.2) is 59.9 Å². The number of hydrogen-bond donors (Lipinski definition) is 8. The SMILES string of the molecule is C#C[C@]1(CO)O[C@@H](n2cnc3c(N(Cc4oc(=O)oc4C)C(=O)OC(C)(C)C)nc(F)nc32)C[C@@H]1O.C#C[C@]1(CO)O[C@@H](n2cnc3c(NC(=O)OC(C)(C)C)nc(F)nc32)C[C@@H]1O.C#C[C@]1(CO)O[C@@H](n2cnc3c(NCc4oc(=O)oc4C)nc(F)nc32)C[C@@H]1O.Cc1oc(=O)oc1CBr.[Br][Zn][Br]. The molecule has 0 radical (unpaired) electrons. The van der Waals surface area contributed by atoms with Crippen LogP contribution in [0.25, 0.3) is 33.5 Å². The van der Waals surface area contributed by atoms with Crippen LogP contribution in [-0.4, -0.2) is 168 Å². The Balaban J connectivity index is 0.000000185. The van der Waals surface area contributed by atoms with Gasteiger partial charge in [0.1, 0.15) is 65.5 Å². The molecule has 0 aromatic carbocycles. The summed E-state index contributed by atoms with van der Waals surface area (Å²) in [6.45, 7) is 12.4. The van der Waals surface area contributed by atoms with E-state index in [4.69, 9.17) is 60.6 Å². The Morgan fingerprint density at radius 3 is 1.31 bits per heavy atom. The molecule has 9 aromatic rings. The van der Waals surface area contributed by atoms with Crippen molar-refractivity contribution in [2.45, 2.75) is 165 Å². The number of nitrogens with one attached hydrogen (secondary N) is 2. The van der Waals surface area contributed by atoms with E-state index in [1.165, 1.54) is 39.6 Å². The van der Waals surface area contributed by atoms with Gasteiger partial charge in [-0.05, 0) is 62.3 Å². The third-order valence-electron chi connectivity index (χ3n) is 15.3. The van der Waals surface area contributed by atoms with E-state index in [9.17, 15) is 67.8 Å². The average molecular weight is 1720 g/mol. The van der Waals surface area contributed by atoms with Gasteiger partial charge in [-0.1, -0.05) is 33.7 Å². The van der Waals surface area contributed by atoms with Crippen molar-refractivity contribution in [3.8, 4) is 37.0 Å². The van der Waals surface area contributed by atoms with Crippen LogP contribution in [0.3, 0.4) is 0 Å². The topological polar surface area (TPSA) is 490 Å². The molecule has 3 aliphatic heterocycles. The fourth-order valence-corrected chi connectivity index (χ4v) is 10.7. The Kier molecular flexibility index (Phi) is 26.3. The van der Waals surface area contributed by atoms with Gasteiger partial charge in [-0.3, -0.25) is 23.9 Å². The van der Waals surface area contributed by atoms with E-state index in [0.29, 0.717) is 16.9 Å². The average Bonchev–Trinajstić information content (AvgIpc) is 1.62. The summed E-state index contributed by atoms with van der Waals surface area (Å²) in [5.74, 6) is 5.59. The van der Waals surface area contributed by atoms with Gasteiger partial charge in [0, 0.05) is 19.3 Å². The summed E-state index contributed by atoms with van der Waals surface area (Å²) in [6, 6.07) is 0. The van der Waals surface area contributed by atoms with Gasteiger partial charge >= 0.3 is 88.3 Å². The first-order valence-corrected chi connectivity index (χ1v) is 45.7. The molecule has 9 atom stereocenters. The maximum atomic E-state index is 14.7. The van der Waals surface area contributed by atoms with Crippen molar-refractivity contribution in [2.24, 2.45) is 0 Å². The summed E-state index contributed by atoms with van der Waals surface area (Å²) in [6.07, 6.45) is 8.91. The summed E-state index contributed by atoms with van der Waals surface area (Å²) in [5, 5.41) is 65.1. The zero-order valence-corrected chi connectivity index (χ0v) is 64.5. The predicted molar refractivity (Wildman–Crippen MR) is 360 cm³/mol. The fourth-order valence-electron chi connectivity index (χ4n) is 10.2. The van der Waals surface area contributed by atoms with Crippen molar-refractivity contribution in [3.63, 3.8) is 0 Å². The quantitative estimate of drug-likeness (QED) is 0.0286. The number of carbonyl (C=O) groups excluding carboxylic acids is 2. The zero-order chi connectivity index (χ0) is 77.4. The van der Waals surface area contributed by atoms with Gasteiger partial charge in [-0.2, -0.15) is 43.1 Å². The molecule has 2 amide bonds. The number of nitrogens with zero attached hydrogens (tertiary/aromatic N) is 13. The van der Waals surface area contributed by atoms with Crippen molar-refractivity contribution < 1.29 is 117 Å². The number of carbonyl (C=O) groups is 2. The Labute approximate surface area is 619 Å². The van der Waals surface area contributed by atoms with Crippen molar-refractivity contribution in [1.82, 2.24) is 58.6 Å². The zero-order valence-electron chi connectivity index (χ0n) is 56.8. The van der Waals surface area contributed by atoms with Crippen LogP contribution >= 0.6 is 43.2 Å². The summed E-state index contributed by atoms with van der Waals surface area (Å²) >= 11 is 9.38. The first-order valence-electron chi connectivity index (χ1n) is 30.7. The molecule has 37 nitrogen and oxygen atoms in total. The second kappa shape index (κ2) is 33.7. The molecule has 0 aliphatic carbocycles. The van der Waals surface area contributed by atoms with Crippen molar-refractivity contribution in [3.05, 3.63) is 104 Å². The Morgan fingerprint density at radius 1 is 0.600 bits per heavy atom. The predicted octanol–water partition coefficient (Wildman–Crippen LogP) is 5.56. The third-order valence-corrected chi connectivity index (χ3v) is 15.8. The van der Waals surface area contributed by atoms with E-state index in [-0.39, 0.29) is 113 Å². The number of halogens is 6. The second-order valence-corrected chi connectivity index (χ2v) is 39.2. The second-order valence-electron chi connectivity index (χ2n) is 24.6. The fraction of sp³-hybridized carbons (Fsp3) is 0.475. The van der Waals surface area contributed by atoms with Crippen LogP contribution in [0.2, 0.25) is 0 Å². The maximum absolute atomic E-state index is 14.7. The number of imidazole rings is 3. The number of hydrogen-bond acceptors (Lipinski definition) is 32. The molecule has 0 saturated carbocycles.